The molecule has 2 rings (SSSR count). The number of hydrogen-bond acceptors (Lipinski definition) is 4. The molecule has 0 saturated carbocycles. The summed E-state index contributed by atoms with van der Waals surface area (Å²) >= 11 is 1.54. The second-order valence-corrected chi connectivity index (χ2v) is 6.59. The molecular formula is C16H24N2O2S. The van der Waals surface area contributed by atoms with Gasteiger partial charge in [0.2, 0.25) is 5.91 Å². The molecule has 0 aliphatic carbocycles. The van der Waals surface area contributed by atoms with Crippen molar-refractivity contribution in [3.05, 3.63) is 24.3 Å². The van der Waals surface area contributed by atoms with E-state index in [0.29, 0.717) is 11.7 Å². The van der Waals surface area contributed by atoms with Gasteiger partial charge in [0.15, 0.2) is 0 Å². The van der Waals surface area contributed by atoms with E-state index in [9.17, 15) is 4.79 Å². The number of carbonyl (C=O) groups is 1. The van der Waals surface area contributed by atoms with Gasteiger partial charge in [-0.3, -0.25) is 4.79 Å². The van der Waals surface area contributed by atoms with Crippen molar-refractivity contribution in [1.29, 1.82) is 0 Å². The number of rotatable bonds is 6. The molecule has 0 unspecified atom stereocenters. The van der Waals surface area contributed by atoms with Crippen molar-refractivity contribution in [2.24, 2.45) is 5.92 Å². The van der Waals surface area contributed by atoms with Crippen LogP contribution in [-0.4, -0.2) is 50.4 Å². The van der Waals surface area contributed by atoms with E-state index >= 15 is 0 Å². The van der Waals surface area contributed by atoms with Gasteiger partial charge in [-0.1, -0.05) is 6.07 Å². The smallest absolute Gasteiger partial charge is 0.230 e. The van der Waals surface area contributed by atoms with E-state index in [2.05, 4.69) is 17.3 Å². The first-order valence-corrected chi connectivity index (χ1v) is 8.38. The lowest BCUT2D eigenvalue weighted by atomic mass is 9.98. The fourth-order valence-corrected chi connectivity index (χ4v) is 3.36. The summed E-state index contributed by atoms with van der Waals surface area (Å²) < 4.78 is 5.18. The molecule has 1 heterocycles. The zero-order valence-electron chi connectivity index (χ0n) is 12.8. The van der Waals surface area contributed by atoms with E-state index in [1.807, 2.05) is 24.3 Å². The number of hydrogen-bond donors (Lipinski definition) is 1. The molecular weight excluding hydrogens is 284 g/mol. The second kappa shape index (κ2) is 8.29. The van der Waals surface area contributed by atoms with Crippen LogP contribution in [0.5, 0.6) is 5.75 Å². The minimum atomic E-state index is 0.107. The SMILES string of the molecule is COc1cccc(SCC(=O)NC[C@@H]2CCCN(C)C2)c1. The van der Waals surface area contributed by atoms with E-state index in [0.717, 1.165) is 23.7 Å². The summed E-state index contributed by atoms with van der Waals surface area (Å²) in [6, 6.07) is 7.80. The fourth-order valence-electron chi connectivity index (χ4n) is 2.59. The quantitative estimate of drug-likeness (QED) is 0.819. The number of benzene rings is 1. The minimum Gasteiger partial charge on any atom is -0.497 e. The molecule has 1 aliphatic rings. The topological polar surface area (TPSA) is 41.6 Å². The van der Waals surface area contributed by atoms with Crippen LogP contribution in [0.4, 0.5) is 0 Å². The minimum absolute atomic E-state index is 0.107. The van der Waals surface area contributed by atoms with Crippen LogP contribution >= 0.6 is 11.8 Å². The standard InChI is InChI=1S/C16H24N2O2S/c1-18-8-4-5-13(11-18)10-17-16(19)12-21-15-7-3-6-14(9-15)20-2/h3,6-7,9,13H,4-5,8,10-12H2,1-2H3,(H,17,19)/t13-/m0/s1. The zero-order valence-corrected chi connectivity index (χ0v) is 13.6. The number of carbonyl (C=O) groups excluding carboxylic acids is 1. The Morgan fingerprint density at radius 2 is 2.38 bits per heavy atom. The number of ether oxygens (including phenoxy) is 1. The third kappa shape index (κ3) is 5.59. The molecule has 1 amide bonds. The van der Waals surface area contributed by atoms with Gasteiger partial charge in [-0.15, -0.1) is 11.8 Å². The Hall–Kier alpha value is -1.20. The number of nitrogens with zero attached hydrogens (tertiary/aromatic N) is 1. The molecule has 21 heavy (non-hydrogen) atoms. The summed E-state index contributed by atoms with van der Waals surface area (Å²) in [5, 5.41) is 3.05. The predicted molar refractivity (Wildman–Crippen MR) is 86.9 cm³/mol. The van der Waals surface area contributed by atoms with Crippen molar-refractivity contribution in [1.82, 2.24) is 10.2 Å². The number of piperidine rings is 1. The maximum Gasteiger partial charge on any atom is 0.230 e. The molecule has 1 aromatic rings. The van der Waals surface area contributed by atoms with Crippen LogP contribution < -0.4 is 10.1 Å². The first-order valence-electron chi connectivity index (χ1n) is 7.39. The number of nitrogens with one attached hydrogen (secondary N) is 1. The second-order valence-electron chi connectivity index (χ2n) is 5.54. The first-order chi connectivity index (χ1) is 10.2. The molecule has 1 N–H and O–H groups in total. The van der Waals surface area contributed by atoms with Crippen molar-refractivity contribution in [2.45, 2.75) is 17.7 Å². The molecule has 1 saturated heterocycles. The Balaban J connectivity index is 1.69. The van der Waals surface area contributed by atoms with Crippen LogP contribution in [0.3, 0.4) is 0 Å². The average Bonchev–Trinajstić information content (AvgIpc) is 2.51. The summed E-state index contributed by atoms with van der Waals surface area (Å²) in [5.41, 5.74) is 0. The lowest BCUT2D eigenvalue weighted by Crippen LogP contribution is -2.39. The first kappa shape index (κ1) is 16.2. The molecule has 1 aromatic carbocycles. The lowest BCUT2D eigenvalue weighted by Gasteiger charge is -2.29. The predicted octanol–water partition coefficient (Wildman–Crippen LogP) is 2.25. The Kier molecular flexibility index (Phi) is 6.39. The van der Waals surface area contributed by atoms with Crippen molar-refractivity contribution in [3.8, 4) is 5.75 Å². The molecule has 0 radical (unpaired) electrons. The van der Waals surface area contributed by atoms with Gasteiger partial charge in [-0.25, -0.2) is 0 Å². The Labute approximate surface area is 131 Å². The van der Waals surface area contributed by atoms with Crippen LogP contribution in [0.2, 0.25) is 0 Å². The highest BCUT2D eigenvalue weighted by Crippen LogP contribution is 2.22. The van der Waals surface area contributed by atoms with E-state index < -0.39 is 0 Å². The lowest BCUT2D eigenvalue weighted by molar-refractivity contribution is -0.118. The molecule has 1 fully saturated rings. The van der Waals surface area contributed by atoms with Gasteiger partial charge in [-0.2, -0.15) is 0 Å². The number of thioether (sulfide) groups is 1. The van der Waals surface area contributed by atoms with E-state index in [-0.39, 0.29) is 5.91 Å². The van der Waals surface area contributed by atoms with E-state index in [1.165, 1.54) is 19.4 Å². The summed E-state index contributed by atoms with van der Waals surface area (Å²) in [4.78, 5) is 15.3. The molecule has 0 aromatic heterocycles. The maximum absolute atomic E-state index is 11.9. The molecule has 1 aliphatic heterocycles. The third-order valence-electron chi connectivity index (χ3n) is 3.72. The molecule has 1 atom stereocenters. The van der Waals surface area contributed by atoms with Gasteiger partial charge in [0, 0.05) is 18.0 Å². The highest BCUT2D eigenvalue weighted by molar-refractivity contribution is 8.00. The van der Waals surface area contributed by atoms with Crippen LogP contribution in [0.15, 0.2) is 29.2 Å². The highest BCUT2D eigenvalue weighted by Gasteiger charge is 2.17. The normalized spacial score (nSPS) is 19.2. The van der Waals surface area contributed by atoms with Gasteiger partial charge in [0.25, 0.3) is 0 Å². The van der Waals surface area contributed by atoms with Crippen LogP contribution in [0.25, 0.3) is 0 Å². The number of methoxy groups -OCH3 is 1. The summed E-state index contributed by atoms with van der Waals surface area (Å²) in [6.45, 7) is 3.06. The van der Waals surface area contributed by atoms with Gasteiger partial charge >= 0.3 is 0 Å². The number of amides is 1. The largest absolute Gasteiger partial charge is 0.497 e. The Bertz CT molecular complexity index is 467. The van der Waals surface area contributed by atoms with Gasteiger partial charge < -0.3 is 15.0 Å². The average molecular weight is 308 g/mol. The monoisotopic (exact) mass is 308 g/mol. The van der Waals surface area contributed by atoms with Crippen molar-refractivity contribution < 1.29 is 9.53 Å². The Morgan fingerprint density at radius 1 is 1.52 bits per heavy atom. The summed E-state index contributed by atoms with van der Waals surface area (Å²) in [5.74, 6) is 1.98. The van der Waals surface area contributed by atoms with E-state index in [1.54, 1.807) is 18.9 Å². The highest BCUT2D eigenvalue weighted by atomic mass is 32.2. The molecule has 5 heteroatoms. The van der Waals surface area contributed by atoms with Crippen LogP contribution in [-0.2, 0) is 4.79 Å². The number of likely N-dealkylation sites (tertiary alicyclic amines) is 1. The van der Waals surface area contributed by atoms with Gasteiger partial charge in [0.05, 0.1) is 12.9 Å². The van der Waals surface area contributed by atoms with Crippen molar-refractivity contribution in [3.63, 3.8) is 0 Å². The van der Waals surface area contributed by atoms with E-state index in [4.69, 9.17) is 4.74 Å². The molecule has 116 valence electrons. The van der Waals surface area contributed by atoms with Gasteiger partial charge in [-0.05, 0) is 50.6 Å². The third-order valence-corrected chi connectivity index (χ3v) is 4.71. The molecule has 4 nitrogen and oxygen atoms in total. The van der Waals surface area contributed by atoms with Crippen molar-refractivity contribution >= 4 is 17.7 Å². The molecule has 0 bridgehead atoms. The zero-order chi connectivity index (χ0) is 15.1. The summed E-state index contributed by atoms with van der Waals surface area (Å²) in [6.07, 6.45) is 2.45. The maximum atomic E-state index is 11.9. The van der Waals surface area contributed by atoms with Crippen molar-refractivity contribution in [2.75, 3.05) is 39.5 Å². The fraction of sp³-hybridized carbons (Fsp3) is 0.562. The van der Waals surface area contributed by atoms with Gasteiger partial charge in [0.1, 0.15) is 5.75 Å². The summed E-state index contributed by atoms with van der Waals surface area (Å²) in [7, 11) is 3.80. The molecule has 0 spiro atoms. The van der Waals surface area contributed by atoms with Crippen LogP contribution in [0.1, 0.15) is 12.8 Å². The van der Waals surface area contributed by atoms with Crippen LogP contribution in [0, 0.1) is 5.92 Å². The Morgan fingerprint density at radius 3 is 3.14 bits per heavy atom.